The number of nitrogens with one attached hydrogen (secondary N) is 1. The van der Waals surface area contributed by atoms with Gasteiger partial charge in [-0.05, 0) is 44.7 Å². The van der Waals surface area contributed by atoms with Gasteiger partial charge in [0, 0.05) is 19.3 Å². The molecule has 4 heteroatoms. The van der Waals surface area contributed by atoms with Gasteiger partial charge in [0.1, 0.15) is 6.10 Å². The average molecular weight is 249 g/mol. The van der Waals surface area contributed by atoms with Crippen molar-refractivity contribution in [3.05, 3.63) is 23.3 Å². The molecule has 1 N–H and O–H groups in total. The van der Waals surface area contributed by atoms with Gasteiger partial charge in [-0.2, -0.15) is 0 Å². The molecule has 1 aliphatic carbocycles. The number of hydrogen-bond donors (Lipinski definition) is 1. The second kappa shape index (κ2) is 6.25. The number of aromatic nitrogens is 2. The average Bonchev–Trinajstić information content (AvgIpc) is 3.14. The van der Waals surface area contributed by atoms with Crippen LogP contribution in [0.2, 0.25) is 0 Å². The zero-order chi connectivity index (χ0) is 13.0. The van der Waals surface area contributed by atoms with Gasteiger partial charge >= 0.3 is 0 Å². The van der Waals surface area contributed by atoms with Crippen LogP contribution in [0.15, 0.2) is 6.07 Å². The summed E-state index contributed by atoms with van der Waals surface area (Å²) in [4.78, 5) is 9.17. The van der Waals surface area contributed by atoms with Crippen molar-refractivity contribution < 1.29 is 4.74 Å². The molecule has 1 fully saturated rings. The van der Waals surface area contributed by atoms with Crippen molar-refractivity contribution in [2.45, 2.75) is 45.8 Å². The Morgan fingerprint density at radius 3 is 2.83 bits per heavy atom. The first kappa shape index (κ1) is 13.4. The second-order valence-corrected chi connectivity index (χ2v) is 5.03. The first-order chi connectivity index (χ1) is 8.74. The van der Waals surface area contributed by atoms with E-state index in [1.807, 2.05) is 13.0 Å². The Labute approximate surface area is 109 Å². The van der Waals surface area contributed by atoms with Crippen LogP contribution in [-0.2, 0) is 11.3 Å². The largest absolute Gasteiger partial charge is 0.373 e. The summed E-state index contributed by atoms with van der Waals surface area (Å²) in [5.74, 6) is 1.47. The molecule has 4 nitrogen and oxygen atoms in total. The lowest BCUT2D eigenvalue weighted by Gasteiger charge is -2.14. The molecule has 1 atom stereocenters. The lowest BCUT2D eigenvalue weighted by molar-refractivity contribution is 0.0768. The molecule has 0 saturated heterocycles. The van der Waals surface area contributed by atoms with E-state index in [0.29, 0.717) is 5.92 Å². The summed E-state index contributed by atoms with van der Waals surface area (Å²) >= 11 is 0. The maximum absolute atomic E-state index is 5.55. The Kier molecular flexibility index (Phi) is 4.66. The Bertz CT molecular complexity index is 391. The van der Waals surface area contributed by atoms with E-state index in [-0.39, 0.29) is 6.10 Å². The predicted octanol–water partition coefficient (Wildman–Crippen LogP) is 2.38. The highest BCUT2D eigenvalue weighted by molar-refractivity contribution is 5.12. The number of rotatable bonds is 7. The van der Waals surface area contributed by atoms with E-state index in [1.165, 1.54) is 12.8 Å². The third-order valence-corrected chi connectivity index (χ3v) is 3.22. The van der Waals surface area contributed by atoms with Crippen LogP contribution in [0, 0.1) is 12.8 Å². The molecule has 0 radical (unpaired) electrons. The Morgan fingerprint density at radius 2 is 2.22 bits per heavy atom. The van der Waals surface area contributed by atoms with Crippen molar-refractivity contribution in [3.8, 4) is 0 Å². The van der Waals surface area contributed by atoms with Crippen LogP contribution < -0.4 is 5.32 Å². The first-order valence-corrected chi connectivity index (χ1v) is 6.82. The maximum atomic E-state index is 5.55. The molecule has 0 spiro atoms. The third kappa shape index (κ3) is 3.50. The van der Waals surface area contributed by atoms with Gasteiger partial charge in [-0.25, -0.2) is 9.97 Å². The highest BCUT2D eigenvalue weighted by Crippen LogP contribution is 2.41. The summed E-state index contributed by atoms with van der Waals surface area (Å²) in [5.41, 5.74) is 2.09. The number of hydrogen-bond acceptors (Lipinski definition) is 4. The molecule has 100 valence electrons. The molecule has 0 aromatic carbocycles. The molecule has 1 saturated carbocycles. The smallest absolute Gasteiger partial charge is 0.157 e. The predicted molar refractivity (Wildman–Crippen MR) is 71.2 cm³/mol. The fraction of sp³-hybridized carbons (Fsp3) is 0.714. The standard InChI is InChI=1S/C14H23N3O/c1-4-7-15-9-12-8-10(2)16-14(17-12)13(18-3)11-5-6-11/h8,11,13,15H,4-7,9H2,1-3H3. The zero-order valence-electron chi connectivity index (χ0n) is 11.6. The van der Waals surface area contributed by atoms with Crippen LogP contribution in [-0.4, -0.2) is 23.6 Å². The molecule has 2 rings (SSSR count). The Hall–Kier alpha value is -1.00. The molecule has 1 heterocycles. The summed E-state index contributed by atoms with van der Waals surface area (Å²) in [6.07, 6.45) is 3.69. The monoisotopic (exact) mass is 249 g/mol. The lowest BCUT2D eigenvalue weighted by Crippen LogP contribution is -2.17. The van der Waals surface area contributed by atoms with Gasteiger partial charge in [0.2, 0.25) is 0 Å². The van der Waals surface area contributed by atoms with Crippen molar-refractivity contribution >= 4 is 0 Å². The van der Waals surface area contributed by atoms with E-state index < -0.39 is 0 Å². The highest BCUT2D eigenvalue weighted by Gasteiger charge is 2.34. The minimum absolute atomic E-state index is 0.0785. The van der Waals surface area contributed by atoms with Crippen molar-refractivity contribution in [1.82, 2.24) is 15.3 Å². The van der Waals surface area contributed by atoms with Gasteiger partial charge in [-0.3, -0.25) is 0 Å². The van der Waals surface area contributed by atoms with Crippen LogP contribution in [0.25, 0.3) is 0 Å². The molecule has 1 aliphatic rings. The number of aryl methyl sites for hydroxylation is 1. The van der Waals surface area contributed by atoms with E-state index in [2.05, 4.69) is 22.2 Å². The molecule has 1 aromatic rings. The summed E-state index contributed by atoms with van der Waals surface area (Å²) in [7, 11) is 1.75. The van der Waals surface area contributed by atoms with E-state index in [4.69, 9.17) is 4.74 Å². The topological polar surface area (TPSA) is 47.0 Å². The van der Waals surface area contributed by atoms with Crippen molar-refractivity contribution in [3.63, 3.8) is 0 Å². The number of methoxy groups -OCH3 is 1. The van der Waals surface area contributed by atoms with Gasteiger partial charge in [0.25, 0.3) is 0 Å². The van der Waals surface area contributed by atoms with Crippen LogP contribution in [0.1, 0.15) is 49.5 Å². The van der Waals surface area contributed by atoms with Crippen molar-refractivity contribution in [1.29, 1.82) is 0 Å². The fourth-order valence-corrected chi connectivity index (χ4v) is 2.18. The molecule has 0 aliphatic heterocycles. The minimum Gasteiger partial charge on any atom is -0.373 e. The first-order valence-electron chi connectivity index (χ1n) is 6.82. The quantitative estimate of drug-likeness (QED) is 0.754. The zero-order valence-corrected chi connectivity index (χ0v) is 11.6. The van der Waals surface area contributed by atoms with Crippen molar-refractivity contribution in [2.75, 3.05) is 13.7 Å². The number of nitrogens with zero attached hydrogens (tertiary/aromatic N) is 2. The fourth-order valence-electron chi connectivity index (χ4n) is 2.18. The van der Waals surface area contributed by atoms with Crippen LogP contribution >= 0.6 is 0 Å². The van der Waals surface area contributed by atoms with E-state index >= 15 is 0 Å². The molecule has 0 bridgehead atoms. The SMILES string of the molecule is CCCNCc1cc(C)nc(C(OC)C2CC2)n1. The van der Waals surface area contributed by atoms with Gasteiger partial charge in [0.05, 0.1) is 5.69 Å². The molecule has 1 aromatic heterocycles. The van der Waals surface area contributed by atoms with Crippen molar-refractivity contribution in [2.24, 2.45) is 5.92 Å². The third-order valence-electron chi connectivity index (χ3n) is 3.22. The van der Waals surface area contributed by atoms with Crippen LogP contribution in [0.4, 0.5) is 0 Å². The second-order valence-electron chi connectivity index (χ2n) is 5.03. The Morgan fingerprint density at radius 1 is 1.44 bits per heavy atom. The molecule has 0 amide bonds. The summed E-state index contributed by atoms with van der Waals surface area (Å²) in [6.45, 7) is 6.02. The van der Waals surface area contributed by atoms with E-state index in [9.17, 15) is 0 Å². The van der Waals surface area contributed by atoms with Gasteiger partial charge in [-0.15, -0.1) is 0 Å². The van der Waals surface area contributed by atoms with E-state index in [1.54, 1.807) is 7.11 Å². The van der Waals surface area contributed by atoms with Gasteiger partial charge in [0.15, 0.2) is 5.82 Å². The van der Waals surface area contributed by atoms with E-state index in [0.717, 1.165) is 36.7 Å². The number of ether oxygens (including phenoxy) is 1. The molecular formula is C14H23N3O. The summed E-state index contributed by atoms with van der Waals surface area (Å²) < 4.78 is 5.55. The summed E-state index contributed by atoms with van der Waals surface area (Å²) in [6, 6.07) is 2.05. The molecule has 18 heavy (non-hydrogen) atoms. The molecular weight excluding hydrogens is 226 g/mol. The van der Waals surface area contributed by atoms with Crippen LogP contribution in [0.3, 0.4) is 0 Å². The minimum atomic E-state index is 0.0785. The van der Waals surface area contributed by atoms with Gasteiger partial charge < -0.3 is 10.1 Å². The lowest BCUT2D eigenvalue weighted by atomic mass is 10.2. The maximum Gasteiger partial charge on any atom is 0.157 e. The Balaban J connectivity index is 2.09. The summed E-state index contributed by atoms with van der Waals surface area (Å²) in [5, 5.41) is 3.38. The van der Waals surface area contributed by atoms with Crippen LogP contribution in [0.5, 0.6) is 0 Å². The normalized spacial score (nSPS) is 16.8. The molecule has 1 unspecified atom stereocenters. The highest BCUT2D eigenvalue weighted by atomic mass is 16.5. The van der Waals surface area contributed by atoms with Gasteiger partial charge in [-0.1, -0.05) is 6.92 Å².